The highest BCUT2D eigenvalue weighted by Crippen LogP contribution is 2.44. The van der Waals surface area contributed by atoms with E-state index in [1.807, 2.05) is 19.1 Å². The molecule has 1 aromatic rings. The van der Waals surface area contributed by atoms with Crippen LogP contribution < -0.4 is 5.73 Å². The second kappa shape index (κ2) is 3.73. The van der Waals surface area contributed by atoms with Gasteiger partial charge in [0, 0.05) is 8.22 Å². The first-order valence-corrected chi connectivity index (χ1v) is 5.55. The SMILES string of the molecule is [2H]C1([2H])C2=C(Cc3ccc(C)cc32)[C@@H](C(N)=O)C([2H])([2H])C1([2H])[2H]. The molecular weight excluding hydrogens is 210 g/mol. The van der Waals surface area contributed by atoms with E-state index in [2.05, 4.69) is 0 Å². The molecule has 1 atom stereocenters. The molecule has 2 aliphatic carbocycles. The largest absolute Gasteiger partial charge is 0.369 e. The molecule has 2 aliphatic rings. The monoisotopic (exact) mass is 233 g/mol. The lowest BCUT2D eigenvalue weighted by Gasteiger charge is -2.22. The van der Waals surface area contributed by atoms with E-state index < -0.39 is 30.9 Å². The number of amides is 1. The predicted molar refractivity (Wildman–Crippen MR) is 68.3 cm³/mol. The summed E-state index contributed by atoms with van der Waals surface area (Å²) in [6, 6.07) is 5.42. The van der Waals surface area contributed by atoms with Crippen molar-refractivity contribution >= 4 is 11.5 Å². The van der Waals surface area contributed by atoms with Crippen molar-refractivity contribution in [3.8, 4) is 0 Å². The summed E-state index contributed by atoms with van der Waals surface area (Å²) in [5.74, 6) is -2.45. The van der Waals surface area contributed by atoms with Gasteiger partial charge in [0.15, 0.2) is 0 Å². The number of hydrogen-bond acceptors (Lipinski definition) is 1. The number of carbonyl (C=O) groups excluding carboxylic acids is 1. The lowest BCUT2D eigenvalue weighted by molar-refractivity contribution is -0.121. The van der Waals surface area contributed by atoms with E-state index in [4.69, 9.17) is 14.0 Å². The lowest BCUT2D eigenvalue weighted by atomic mass is 9.82. The van der Waals surface area contributed by atoms with Gasteiger partial charge < -0.3 is 5.73 Å². The van der Waals surface area contributed by atoms with Crippen LogP contribution in [0.5, 0.6) is 0 Å². The number of allylic oxidation sites excluding steroid dienone is 1. The molecule has 17 heavy (non-hydrogen) atoms. The first-order chi connectivity index (χ1) is 10.4. The first-order valence-electron chi connectivity index (χ1n) is 8.55. The maximum Gasteiger partial charge on any atom is 0.224 e. The van der Waals surface area contributed by atoms with Gasteiger partial charge >= 0.3 is 0 Å². The summed E-state index contributed by atoms with van der Waals surface area (Å²) in [4.78, 5) is 11.9. The van der Waals surface area contributed by atoms with Gasteiger partial charge in [0.2, 0.25) is 5.91 Å². The van der Waals surface area contributed by atoms with Crippen LogP contribution in [0.2, 0.25) is 0 Å². The van der Waals surface area contributed by atoms with Crippen LogP contribution in [0, 0.1) is 12.8 Å². The number of nitrogens with two attached hydrogens (primary N) is 1. The van der Waals surface area contributed by atoms with E-state index in [0.717, 1.165) is 11.1 Å². The highest BCUT2D eigenvalue weighted by atomic mass is 16.1. The van der Waals surface area contributed by atoms with Gasteiger partial charge in [-0.05, 0) is 54.7 Å². The second-order valence-corrected chi connectivity index (χ2v) is 4.47. The molecule has 0 saturated carbocycles. The smallest absolute Gasteiger partial charge is 0.224 e. The molecular formula is C15H17NO. The molecule has 88 valence electrons. The van der Waals surface area contributed by atoms with Crippen LogP contribution in [-0.4, -0.2) is 5.91 Å². The first kappa shape index (κ1) is 5.85. The Morgan fingerprint density at radius 2 is 2.35 bits per heavy atom. The molecule has 0 radical (unpaired) electrons. The predicted octanol–water partition coefficient (Wildman–Crippen LogP) is 2.59. The van der Waals surface area contributed by atoms with Crippen molar-refractivity contribution in [1.29, 1.82) is 0 Å². The third kappa shape index (κ3) is 1.59. The average molecular weight is 233 g/mol. The van der Waals surface area contributed by atoms with Crippen LogP contribution >= 0.6 is 0 Å². The van der Waals surface area contributed by atoms with Gasteiger partial charge in [-0.2, -0.15) is 0 Å². The Labute approximate surface area is 110 Å². The third-order valence-corrected chi connectivity index (χ3v) is 3.27. The van der Waals surface area contributed by atoms with E-state index in [9.17, 15) is 4.79 Å². The molecule has 3 rings (SSSR count). The topological polar surface area (TPSA) is 43.1 Å². The summed E-state index contributed by atoms with van der Waals surface area (Å²) >= 11 is 0. The van der Waals surface area contributed by atoms with Crippen molar-refractivity contribution in [3.05, 3.63) is 40.5 Å². The minimum atomic E-state index is -2.89. The van der Waals surface area contributed by atoms with Gasteiger partial charge in [0.1, 0.15) is 0 Å². The molecule has 0 aromatic heterocycles. The molecule has 0 heterocycles. The summed E-state index contributed by atoms with van der Waals surface area (Å²) in [5.41, 5.74) is 7.93. The average Bonchev–Trinajstić information content (AvgIpc) is 2.74. The van der Waals surface area contributed by atoms with E-state index >= 15 is 0 Å². The van der Waals surface area contributed by atoms with Gasteiger partial charge in [-0.15, -0.1) is 0 Å². The maximum absolute atomic E-state index is 11.9. The zero-order valence-electron chi connectivity index (χ0n) is 15.5. The quantitative estimate of drug-likeness (QED) is 0.796. The highest BCUT2D eigenvalue weighted by Gasteiger charge is 2.32. The summed E-state index contributed by atoms with van der Waals surface area (Å²) < 4.78 is 48.9. The Bertz CT molecular complexity index is 752. The third-order valence-electron chi connectivity index (χ3n) is 3.27. The van der Waals surface area contributed by atoms with Gasteiger partial charge in [-0.3, -0.25) is 4.79 Å². The molecule has 2 N–H and O–H groups in total. The van der Waals surface area contributed by atoms with E-state index in [1.165, 1.54) is 0 Å². The number of fused-ring (bicyclic) bond motifs is 2. The Morgan fingerprint density at radius 1 is 1.53 bits per heavy atom. The zero-order valence-corrected chi connectivity index (χ0v) is 9.50. The van der Waals surface area contributed by atoms with Gasteiger partial charge in [0.25, 0.3) is 0 Å². The van der Waals surface area contributed by atoms with Crippen molar-refractivity contribution in [3.63, 3.8) is 0 Å². The lowest BCUT2D eigenvalue weighted by Crippen LogP contribution is -2.27. The minimum absolute atomic E-state index is 0.0834. The molecule has 0 aliphatic heterocycles. The van der Waals surface area contributed by atoms with Crippen LogP contribution in [0.1, 0.15) is 44.0 Å². The Kier molecular flexibility index (Phi) is 1.28. The second-order valence-electron chi connectivity index (χ2n) is 4.47. The number of carbonyl (C=O) groups is 1. The van der Waals surface area contributed by atoms with Crippen molar-refractivity contribution in [2.24, 2.45) is 11.7 Å². The van der Waals surface area contributed by atoms with Crippen LogP contribution in [-0.2, 0) is 11.2 Å². The number of rotatable bonds is 1. The van der Waals surface area contributed by atoms with Crippen molar-refractivity contribution in [1.82, 2.24) is 0 Å². The molecule has 0 bridgehead atoms. The van der Waals surface area contributed by atoms with E-state index in [-0.39, 0.29) is 17.6 Å². The fraction of sp³-hybridized carbons (Fsp3) is 0.400. The number of benzene rings is 1. The van der Waals surface area contributed by atoms with Gasteiger partial charge in [-0.25, -0.2) is 0 Å². The Balaban J connectivity index is 2.36. The van der Waals surface area contributed by atoms with Crippen molar-refractivity contribution in [2.45, 2.75) is 32.5 Å². The Morgan fingerprint density at radius 3 is 3.12 bits per heavy atom. The number of primary amides is 1. The molecule has 2 nitrogen and oxygen atoms in total. The van der Waals surface area contributed by atoms with Crippen molar-refractivity contribution in [2.75, 3.05) is 0 Å². The summed E-state index contributed by atoms with van der Waals surface area (Å²) in [6.07, 6.45) is -7.95. The normalized spacial score (nSPS) is 36.4. The van der Waals surface area contributed by atoms with Gasteiger partial charge in [-0.1, -0.05) is 23.8 Å². The van der Waals surface area contributed by atoms with Crippen LogP contribution in [0.4, 0.5) is 0 Å². The molecule has 2 heteroatoms. The molecule has 0 saturated heterocycles. The molecule has 0 unspecified atom stereocenters. The summed E-state index contributed by atoms with van der Waals surface area (Å²) in [7, 11) is 0. The number of aryl methyl sites for hydroxylation is 1. The molecule has 1 amide bonds. The highest BCUT2D eigenvalue weighted by molar-refractivity contribution is 5.87. The summed E-state index contributed by atoms with van der Waals surface area (Å²) in [6.45, 7) is 1.84. The molecule has 1 aromatic carbocycles. The number of hydrogen-bond donors (Lipinski definition) is 1. The molecule has 0 fully saturated rings. The Hall–Kier alpha value is -1.57. The molecule has 0 spiro atoms. The maximum atomic E-state index is 11.9. The zero-order chi connectivity index (χ0) is 17.4. The van der Waals surface area contributed by atoms with E-state index in [1.54, 1.807) is 6.07 Å². The van der Waals surface area contributed by atoms with Crippen LogP contribution in [0.3, 0.4) is 0 Å². The standard InChI is InChI=1S/C15H17NO/c1-9-5-6-10-8-14-11(13(10)7-9)3-2-4-12(14)15(16)17/h5-7,12H,2-4,8H2,1H3,(H2,16,17)/t12-/m0/s1/i2D2,3D2,4D2. The fourth-order valence-electron chi connectivity index (χ4n) is 2.44. The van der Waals surface area contributed by atoms with Crippen molar-refractivity contribution < 1.29 is 13.0 Å². The fourth-order valence-corrected chi connectivity index (χ4v) is 2.44. The summed E-state index contributed by atoms with van der Waals surface area (Å²) in [5, 5.41) is 0. The van der Waals surface area contributed by atoms with E-state index in [0.29, 0.717) is 5.56 Å². The van der Waals surface area contributed by atoms with Gasteiger partial charge in [0.05, 0.1) is 5.92 Å². The van der Waals surface area contributed by atoms with Crippen LogP contribution in [0.25, 0.3) is 5.57 Å². The van der Waals surface area contributed by atoms with Crippen LogP contribution in [0.15, 0.2) is 23.8 Å². The minimum Gasteiger partial charge on any atom is -0.369 e.